The molecular weight excluding hydrogens is 610 g/mol. The number of allylic oxidation sites excluding steroid dienone is 1. The van der Waals surface area contributed by atoms with Gasteiger partial charge < -0.3 is 30.1 Å². The standard InChI is InChI=1S/C32H29Cl2FN4O5/c1-37-12-19(11-36)18-7-25(33)29(26(34)8-18)31(40)39-13-17-3-2-4-22(30(17)43-16-39)23-10-28(24(32(41)42)9-27(23)35)38-14-20-5-6-21(15-38)44-20/h2-4,7-12,20-21H,5-6,13-16,36H2,1H3,(H,41,42). The van der Waals surface area contributed by atoms with Gasteiger partial charge in [0, 0.05) is 54.8 Å². The molecule has 6 rings (SSSR count). The van der Waals surface area contributed by atoms with Crippen molar-refractivity contribution < 1.29 is 28.6 Å². The Kier molecular flexibility index (Phi) is 8.24. The van der Waals surface area contributed by atoms with E-state index in [0.29, 0.717) is 46.8 Å². The molecule has 44 heavy (non-hydrogen) atoms. The van der Waals surface area contributed by atoms with Gasteiger partial charge in [0.05, 0.1) is 45.6 Å². The van der Waals surface area contributed by atoms with E-state index in [0.717, 1.165) is 18.9 Å². The number of carbonyl (C=O) groups excluding carboxylic acids is 1. The summed E-state index contributed by atoms with van der Waals surface area (Å²) >= 11 is 13.1. The average molecular weight is 640 g/mol. The summed E-state index contributed by atoms with van der Waals surface area (Å²) in [4.78, 5) is 33.1. The maximum absolute atomic E-state index is 15.6. The van der Waals surface area contributed by atoms with E-state index in [4.69, 9.17) is 38.4 Å². The van der Waals surface area contributed by atoms with Crippen molar-refractivity contribution in [2.75, 3.05) is 31.8 Å². The van der Waals surface area contributed by atoms with Crippen molar-refractivity contribution >= 4 is 52.6 Å². The number of carbonyl (C=O) groups is 2. The molecule has 9 nitrogen and oxygen atoms in total. The van der Waals surface area contributed by atoms with Gasteiger partial charge in [-0.1, -0.05) is 41.4 Å². The quantitative estimate of drug-likeness (QED) is 0.325. The van der Waals surface area contributed by atoms with Crippen LogP contribution >= 0.6 is 23.2 Å². The summed E-state index contributed by atoms with van der Waals surface area (Å²) in [5.74, 6) is -1.92. The summed E-state index contributed by atoms with van der Waals surface area (Å²) in [7, 11) is 1.61. The molecule has 0 radical (unpaired) electrons. The Labute approximate surface area is 263 Å². The molecule has 2 fully saturated rings. The Hall–Kier alpha value is -4.12. The topological polar surface area (TPSA) is 118 Å². The SMILES string of the molecule is CN=CC(=CN)c1cc(Cl)c(C(=O)N2COc3c(cccc3-c3cc(N4CC5CCC(C4)O5)c(C(=O)O)cc3F)C2)c(Cl)c1. The molecule has 0 aliphatic carbocycles. The predicted molar refractivity (Wildman–Crippen MR) is 167 cm³/mol. The van der Waals surface area contributed by atoms with Crippen molar-refractivity contribution in [3.8, 4) is 16.9 Å². The fourth-order valence-electron chi connectivity index (χ4n) is 6.08. The van der Waals surface area contributed by atoms with Crippen molar-refractivity contribution in [1.29, 1.82) is 0 Å². The molecule has 2 saturated heterocycles. The van der Waals surface area contributed by atoms with Crippen molar-refractivity contribution in [3.05, 3.63) is 86.8 Å². The fourth-order valence-corrected chi connectivity index (χ4v) is 6.73. The van der Waals surface area contributed by atoms with Gasteiger partial charge >= 0.3 is 5.97 Å². The first kappa shape index (κ1) is 29.9. The molecule has 0 saturated carbocycles. The third-order valence-corrected chi connectivity index (χ3v) is 8.73. The average Bonchev–Trinajstić information content (AvgIpc) is 3.35. The number of nitrogens with zero attached hydrogens (tertiary/aromatic N) is 3. The van der Waals surface area contributed by atoms with Crippen LogP contribution in [0.1, 0.15) is 44.7 Å². The number of carboxylic acids is 1. The Morgan fingerprint density at radius 1 is 1.09 bits per heavy atom. The highest BCUT2D eigenvalue weighted by Gasteiger charge is 2.36. The fraction of sp³-hybridized carbons (Fsp3) is 0.281. The Bertz CT molecular complexity index is 1690. The van der Waals surface area contributed by atoms with Crippen LogP contribution in [0.4, 0.5) is 10.1 Å². The molecule has 3 heterocycles. The number of anilines is 1. The van der Waals surface area contributed by atoms with Crippen LogP contribution in [-0.4, -0.2) is 67.2 Å². The minimum Gasteiger partial charge on any atom is -0.478 e. The molecule has 2 bridgehead atoms. The van der Waals surface area contributed by atoms with E-state index in [1.807, 2.05) is 4.90 Å². The summed E-state index contributed by atoms with van der Waals surface area (Å²) in [5.41, 5.74) is 8.66. The van der Waals surface area contributed by atoms with E-state index in [2.05, 4.69) is 4.99 Å². The first-order valence-corrected chi connectivity index (χ1v) is 14.8. The molecule has 0 spiro atoms. The van der Waals surface area contributed by atoms with Crippen LogP contribution in [0.3, 0.4) is 0 Å². The number of hydrogen-bond donors (Lipinski definition) is 2. The molecular formula is C32H29Cl2FN4O5. The molecule has 12 heteroatoms. The third-order valence-electron chi connectivity index (χ3n) is 8.14. The van der Waals surface area contributed by atoms with Gasteiger partial charge in [-0.25, -0.2) is 9.18 Å². The second-order valence-electron chi connectivity index (χ2n) is 10.9. The molecule has 3 aromatic carbocycles. The molecule has 3 aliphatic rings. The van der Waals surface area contributed by atoms with E-state index in [-0.39, 0.29) is 52.2 Å². The lowest BCUT2D eigenvalue weighted by Crippen LogP contribution is -2.43. The Morgan fingerprint density at radius 2 is 1.80 bits per heavy atom. The number of ether oxygens (including phenoxy) is 2. The lowest BCUT2D eigenvalue weighted by molar-refractivity contribution is 0.0303. The van der Waals surface area contributed by atoms with Gasteiger partial charge in [-0.3, -0.25) is 9.79 Å². The van der Waals surface area contributed by atoms with Crippen LogP contribution in [0, 0.1) is 5.82 Å². The van der Waals surface area contributed by atoms with Crippen LogP contribution in [0.5, 0.6) is 5.75 Å². The smallest absolute Gasteiger partial charge is 0.337 e. The van der Waals surface area contributed by atoms with Crippen LogP contribution in [0.25, 0.3) is 16.7 Å². The highest BCUT2D eigenvalue weighted by atomic mass is 35.5. The van der Waals surface area contributed by atoms with Crippen LogP contribution in [-0.2, 0) is 11.3 Å². The van der Waals surface area contributed by atoms with Gasteiger partial charge in [-0.15, -0.1) is 0 Å². The highest BCUT2D eigenvalue weighted by molar-refractivity contribution is 6.40. The lowest BCUT2D eigenvalue weighted by atomic mass is 9.96. The maximum atomic E-state index is 15.6. The van der Waals surface area contributed by atoms with Gasteiger partial charge in [-0.05, 0) is 42.7 Å². The number of benzene rings is 3. The minimum atomic E-state index is -1.20. The second-order valence-corrected chi connectivity index (χ2v) is 11.7. The molecule has 2 unspecified atom stereocenters. The predicted octanol–water partition coefficient (Wildman–Crippen LogP) is 5.86. The number of para-hydroxylation sites is 1. The first-order valence-electron chi connectivity index (χ1n) is 14.0. The van der Waals surface area contributed by atoms with E-state index < -0.39 is 17.7 Å². The zero-order valence-electron chi connectivity index (χ0n) is 23.7. The van der Waals surface area contributed by atoms with E-state index in [1.54, 1.807) is 49.7 Å². The van der Waals surface area contributed by atoms with Gasteiger partial charge in [0.15, 0.2) is 6.73 Å². The number of aliphatic imine (C=N–C) groups is 1. The van der Waals surface area contributed by atoms with E-state index in [1.165, 1.54) is 11.1 Å². The van der Waals surface area contributed by atoms with Crippen LogP contribution in [0.2, 0.25) is 10.0 Å². The van der Waals surface area contributed by atoms with E-state index in [9.17, 15) is 14.7 Å². The summed E-state index contributed by atoms with van der Waals surface area (Å²) in [5, 5.41) is 10.2. The number of rotatable bonds is 6. The normalized spacial score (nSPS) is 19.7. The maximum Gasteiger partial charge on any atom is 0.337 e. The zero-order chi connectivity index (χ0) is 31.1. The molecule has 3 N–H and O–H groups in total. The van der Waals surface area contributed by atoms with Crippen molar-refractivity contribution in [2.24, 2.45) is 10.7 Å². The number of aromatic carboxylic acids is 1. The molecule has 3 aliphatic heterocycles. The number of morpholine rings is 1. The van der Waals surface area contributed by atoms with Crippen LogP contribution < -0.4 is 15.4 Å². The molecule has 3 aromatic rings. The largest absolute Gasteiger partial charge is 0.478 e. The monoisotopic (exact) mass is 638 g/mol. The number of fused-ring (bicyclic) bond motifs is 3. The van der Waals surface area contributed by atoms with Crippen LogP contribution in [0.15, 0.2) is 53.7 Å². The molecule has 0 aromatic heterocycles. The summed E-state index contributed by atoms with van der Waals surface area (Å²) in [6.45, 7) is 1.08. The number of halogens is 3. The van der Waals surface area contributed by atoms with Crippen molar-refractivity contribution in [2.45, 2.75) is 31.6 Å². The van der Waals surface area contributed by atoms with Crippen molar-refractivity contribution in [3.63, 3.8) is 0 Å². The zero-order valence-corrected chi connectivity index (χ0v) is 25.2. The number of hydrogen-bond acceptors (Lipinski definition) is 7. The first-order chi connectivity index (χ1) is 21.2. The second kappa shape index (κ2) is 12.1. The summed E-state index contributed by atoms with van der Waals surface area (Å²) < 4.78 is 27.6. The van der Waals surface area contributed by atoms with Gasteiger partial charge in [0.1, 0.15) is 11.6 Å². The Balaban J connectivity index is 1.31. The van der Waals surface area contributed by atoms with Gasteiger partial charge in [-0.2, -0.15) is 0 Å². The molecule has 1 amide bonds. The Morgan fingerprint density at radius 3 is 2.43 bits per heavy atom. The lowest BCUT2D eigenvalue weighted by Gasteiger charge is -2.35. The summed E-state index contributed by atoms with van der Waals surface area (Å²) in [6, 6.07) is 11.1. The van der Waals surface area contributed by atoms with E-state index >= 15 is 4.39 Å². The van der Waals surface area contributed by atoms with Gasteiger partial charge in [0.25, 0.3) is 5.91 Å². The third kappa shape index (κ3) is 5.49. The number of nitrogens with two attached hydrogens (primary N) is 1. The highest BCUT2D eigenvalue weighted by Crippen LogP contribution is 2.42. The number of carboxylic acid groups (broad SMARTS) is 1. The minimum absolute atomic E-state index is 0.0165. The molecule has 2 atom stereocenters. The summed E-state index contributed by atoms with van der Waals surface area (Å²) in [6.07, 6.45) is 4.78. The number of amides is 1. The van der Waals surface area contributed by atoms with Gasteiger partial charge in [0.2, 0.25) is 0 Å². The molecule has 228 valence electrons. The van der Waals surface area contributed by atoms with Crippen molar-refractivity contribution in [1.82, 2.24) is 4.90 Å².